The van der Waals surface area contributed by atoms with Gasteiger partial charge < -0.3 is 10.1 Å². The van der Waals surface area contributed by atoms with E-state index in [1.54, 1.807) is 4.31 Å². The van der Waals surface area contributed by atoms with Crippen LogP contribution in [0.4, 0.5) is 0 Å². The van der Waals surface area contributed by atoms with Crippen molar-refractivity contribution >= 4 is 10.0 Å². The molecule has 0 aliphatic carbocycles. The quantitative estimate of drug-likeness (QED) is 0.864. The van der Waals surface area contributed by atoms with E-state index in [0.29, 0.717) is 25.4 Å². The van der Waals surface area contributed by atoms with E-state index in [1.165, 1.54) is 0 Å². The first-order valence-electron chi connectivity index (χ1n) is 6.48. The van der Waals surface area contributed by atoms with E-state index in [1.807, 2.05) is 37.3 Å². The van der Waals surface area contributed by atoms with Gasteiger partial charge in [0.25, 0.3) is 0 Å². The van der Waals surface area contributed by atoms with Gasteiger partial charge in [0.05, 0.1) is 5.75 Å². The van der Waals surface area contributed by atoms with Gasteiger partial charge in [-0.3, -0.25) is 0 Å². The van der Waals surface area contributed by atoms with E-state index in [9.17, 15) is 8.42 Å². The molecule has 106 valence electrons. The molecule has 19 heavy (non-hydrogen) atoms. The summed E-state index contributed by atoms with van der Waals surface area (Å²) >= 11 is 0. The fourth-order valence-electron chi connectivity index (χ4n) is 2.13. The molecule has 6 heteroatoms. The fourth-order valence-corrected chi connectivity index (χ4v) is 3.66. The molecule has 1 saturated heterocycles. The van der Waals surface area contributed by atoms with Gasteiger partial charge in [0.1, 0.15) is 12.4 Å². The number of nitrogens with zero attached hydrogens (tertiary/aromatic N) is 1. The van der Waals surface area contributed by atoms with Crippen LogP contribution in [-0.2, 0) is 10.0 Å². The molecule has 5 nitrogen and oxygen atoms in total. The third-order valence-electron chi connectivity index (χ3n) is 3.15. The number of hydrogen-bond donors (Lipinski definition) is 1. The van der Waals surface area contributed by atoms with Gasteiger partial charge in [0, 0.05) is 25.7 Å². The molecule has 1 aromatic rings. The number of ether oxygens (including phenoxy) is 1. The molecule has 1 aromatic carbocycles. The van der Waals surface area contributed by atoms with Crippen molar-refractivity contribution in [3.63, 3.8) is 0 Å². The van der Waals surface area contributed by atoms with E-state index >= 15 is 0 Å². The third kappa shape index (κ3) is 3.92. The lowest BCUT2D eigenvalue weighted by Gasteiger charge is -2.32. The van der Waals surface area contributed by atoms with Crippen molar-refractivity contribution in [1.82, 2.24) is 9.62 Å². The Kier molecular flexibility index (Phi) is 4.79. The topological polar surface area (TPSA) is 58.6 Å². The van der Waals surface area contributed by atoms with Crippen LogP contribution in [0.1, 0.15) is 6.92 Å². The smallest absolute Gasteiger partial charge is 0.217 e. The highest BCUT2D eigenvalue weighted by Crippen LogP contribution is 2.12. The van der Waals surface area contributed by atoms with Gasteiger partial charge in [0.15, 0.2) is 0 Å². The summed E-state index contributed by atoms with van der Waals surface area (Å²) in [6.45, 7) is 4.06. The molecule has 1 aliphatic heterocycles. The molecule has 1 atom stereocenters. The van der Waals surface area contributed by atoms with Gasteiger partial charge >= 0.3 is 0 Å². The molecule has 0 unspecified atom stereocenters. The summed E-state index contributed by atoms with van der Waals surface area (Å²) in [7, 11) is -3.23. The molecule has 0 aromatic heterocycles. The van der Waals surface area contributed by atoms with Crippen molar-refractivity contribution in [3.05, 3.63) is 30.3 Å². The summed E-state index contributed by atoms with van der Waals surface area (Å²) < 4.78 is 31.4. The van der Waals surface area contributed by atoms with Gasteiger partial charge in [-0.1, -0.05) is 18.2 Å². The molecular formula is C13H20N2O3S. The number of nitrogens with one attached hydrogen (secondary N) is 1. The van der Waals surface area contributed by atoms with Gasteiger partial charge in [-0.05, 0) is 19.1 Å². The zero-order chi connectivity index (χ0) is 13.7. The average molecular weight is 284 g/mol. The highest BCUT2D eigenvalue weighted by Gasteiger charge is 2.29. The maximum atomic E-state index is 12.2. The van der Waals surface area contributed by atoms with Crippen LogP contribution in [0.3, 0.4) is 0 Å². The second-order valence-corrected chi connectivity index (χ2v) is 6.68. The minimum atomic E-state index is -3.23. The Hall–Kier alpha value is -1.11. The summed E-state index contributed by atoms with van der Waals surface area (Å²) in [5, 5.41) is 3.18. The first-order chi connectivity index (χ1) is 9.09. The van der Waals surface area contributed by atoms with E-state index in [2.05, 4.69) is 5.32 Å². The Morgan fingerprint density at radius 3 is 2.79 bits per heavy atom. The molecular weight excluding hydrogens is 264 g/mol. The van der Waals surface area contributed by atoms with Crippen LogP contribution in [0.2, 0.25) is 0 Å². The zero-order valence-electron chi connectivity index (χ0n) is 11.1. The van der Waals surface area contributed by atoms with Gasteiger partial charge in [-0.25, -0.2) is 8.42 Å². The van der Waals surface area contributed by atoms with Crippen LogP contribution >= 0.6 is 0 Å². The van der Waals surface area contributed by atoms with Crippen LogP contribution in [-0.4, -0.2) is 50.8 Å². The van der Waals surface area contributed by atoms with Crippen molar-refractivity contribution in [1.29, 1.82) is 0 Å². The summed E-state index contributed by atoms with van der Waals surface area (Å²) in [6, 6.07) is 9.27. The Morgan fingerprint density at radius 2 is 2.11 bits per heavy atom. The monoisotopic (exact) mass is 284 g/mol. The van der Waals surface area contributed by atoms with Crippen LogP contribution in [0.15, 0.2) is 30.3 Å². The molecule has 0 bridgehead atoms. The summed E-state index contributed by atoms with van der Waals surface area (Å²) in [5.74, 6) is 0.720. The Morgan fingerprint density at radius 1 is 1.37 bits per heavy atom. The molecule has 1 N–H and O–H groups in total. The second kappa shape index (κ2) is 6.36. The predicted octanol–water partition coefficient (Wildman–Crippen LogP) is 0.689. The maximum absolute atomic E-state index is 12.2. The SMILES string of the molecule is C[C@@H]1CNCCN1S(=O)(=O)CCOc1ccccc1. The van der Waals surface area contributed by atoms with Gasteiger partial charge in [0.2, 0.25) is 10.0 Å². The standard InChI is InChI=1S/C13H20N2O3S/c1-12-11-14-7-8-15(12)19(16,17)10-9-18-13-5-3-2-4-6-13/h2-6,12,14H,7-11H2,1H3/t12-/m1/s1. The minimum Gasteiger partial charge on any atom is -0.492 e. The minimum absolute atomic E-state index is 0.00970. The number of hydrogen-bond acceptors (Lipinski definition) is 4. The molecule has 2 rings (SSSR count). The number of rotatable bonds is 5. The number of benzene rings is 1. The highest BCUT2D eigenvalue weighted by atomic mass is 32.2. The molecule has 1 aliphatic rings. The first-order valence-corrected chi connectivity index (χ1v) is 8.08. The number of para-hydroxylation sites is 1. The summed E-state index contributed by atoms with van der Waals surface area (Å²) in [4.78, 5) is 0. The third-order valence-corrected chi connectivity index (χ3v) is 5.09. The Balaban J connectivity index is 1.87. The zero-order valence-corrected chi connectivity index (χ0v) is 11.9. The Labute approximate surface area is 114 Å². The molecule has 1 heterocycles. The van der Waals surface area contributed by atoms with Gasteiger partial charge in [-0.2, -0.15) is 4.31 Å². The lowest BCUT2D eigenvalue weighted by atomic mass is 10.3. The van der Waals surface area contributed by atoms with Crippen molar-refractivity contribution in [2.75, 3.05) is 32.0 Å². The molecule has 0 amide bonds. The normalized spacial score (nSPS) is 21.2. The summed E-state index contributed by atoms with van der Waals surface area (Å²) in [5.41, 5.74) is 0. The van der Waals surface area contributed by atoms with Crippen molar-refractivity contribution < 1.29 is 13.2 Å². The first kappa shape index (κ1) is 14.3. The van der Waals surface area contributed by atoms with Crippen molar-refractivity contribution in [3.8, 4) is 5.75 Å². The second-order valence-electron chi connectivity index (χ2n) is 4.64. The van der Waals surface area contributed by atoms with E-state index < -0.39 is 10.0 Å². The summed E-state index contributed by atoms with van der Waals surface area (Å²) in [6.07, 6.45) is 0. The lowest BCUT2D eigenvalue weighted by Crippen LogP contribution is -2.53. The molecule has 1 fully saturated rings. The Bertz CT molecular complexity index is 490. The lowest BCUT2D eigenvalue weighted by molar-refractivity contribution is 0.278. The highest BCUT2D eigenvalue weighted by molar-refractivity contribution is 7.89. The molecule has 0 saturated carbocycles. The van der Waals surface area contributed by atoms with E-state index in [-0.39, 0.29) is 18.4 Å². The van der Waals surface area contributed by atoms with Crippen LogP contribution in [0.25, 0.3) is 0 Å². The maximum Gasteiger partial charge on any atom is 0.217 e. The van der Waals surface area contributed by atoms with Gasteiger partial charge in [-0.15, -0.1) is 0 Å². The van der Waals surface area contributed by atoms with E-state index in [0.717, 1.165) is 0 Å². The van der Waals surface area contributed by atoms with Crippen LogP contribution < -0.4 is 10.1 Å². The molecule has 0 radical (unpaired) electrons. The number of sulfonamides is 1. The fraction of sp³-hybridized carbons (Fsp3) is 0.538. The number of piperazine rings is 1. The average Bonchev–Trinajstić information content (AvgIpc) is 2.40. The van der Waals surface area contributed by atoms with Crippen molar-refractivity contribution in [2.45, 2.75) is 13.0 Å². The van der Waals surface area contributed by atoms with Crippen LogP contribution in [0.5, 0.6) is 5.75 Å². The largest absolute Gasteiger partial charge is 0.492 e. The van der Waals surface area contributed by atoms with Crippen molar-refractivity contribution in [2.24, 2.45) is 0 Å². The predicted molar refractivity (Wildman–Crippen MR) is 74.8 cm³/mol. The van der Waals surface area contributed by atoms with E-state index in [4.69, 9.17) is 4.74 Å². The molecule has 0 spiro atoms. The van der Waals surface area contributed by atoms with Crippen LogP contribution in [0, 0.1) is 0 Å².